The monoisotopic (exact) mass is 490 g/mol. The summed E-state index contributed by atoms with van der Waals surface area (Å²) in [5, 5.41) is 11.0. The molecule has 0 saturated heterocycles. The fraction of sp³-hybridized carbons (Fsp3) is 0.692. The van der Waals surface area contributed by atoms with Crippen molar-refractivity contribution < 1.29 is 14.3 Å². The molecule has 190 valence electrons. The second kappa shape index (κ2) is 15.1. The lowest BCUT2D eigenvalue weighted by molar-refractivity contribution is -0.129. The first-order valence-corrected chi connectivity index (χ1v) is 13.5. The van der Waals surface area contributed by atoms with E-state index in [4.69, 9.17) is 4.74 Å². The van der Waals surface area contributed by atoms with Crippen LogP contribution in [0.5, 0.6) is 0 Å². The Morgan fingerprint density at radius 1 is 1.29 bits per heavy atom. The van der Waals surface area contributed by atoms with E-state index in [-0.39, 0.29) is 29.4 Å². The Morgan fingerprint density at radius 2 is 2.03 bits per heavy atom. The SMILES string of the molecule is C=CC1=C(C)CN(CCS/C=N/N=C(\OC)C(=O)C(CC(C)C)NC(=O)C2CCCCC2)CC1. The van der Waals surface area contributed by atoms with Crippen LogP contribution in [0.3, 0.4) is 0 Å². The van der Waals surface area contributed by atoms with Gasteiger partial charge in [0.2, 0.25) is 11.7 Å². The highest BCUT2D eigenvalue weighted by Gasteiger charge is 2.30. The number of amides is 1. The molecule has 0 radical (unpaired) electrons. The summed E-state index contributed by atoms with van der Waals surface area (Å²) in [5.41, 5.74) is 4.40. The zero-order chi connectivity index (χ0) is 24.9. The standard InChI is InChI=1S/C26H42N4O3S/c1-6-21-12-13-30(17-20(21)4)14-15-34-18-27-29-26(33-5)24(31)23(16-19(2)3)28-25(32)22-10-8-7-9-11-22/h6,18-19,22-23H,1,7-17H2,2-5H3,(H,28,32)/b27-18+,29-26-. The van der Waals surface area contributed by atoms with Crippen molar-refractivity contribution in [2.45, 2.75) is 71.8 Å². The van der Waals surface area contributed by atoms with E-state index < -0.39 is 6.04 Å². The van der Waals surface area contributed by atoms with Crippen LogP contribution in [0.4, 0.5) is 0 Å². The predicted octanol–water partition coefficient (Wildman–Crippen LogP) is 4.60. The number of ether oxygens (including phenoxy) is 1. The van der Waals surface area contributed by atoms with Crippen molar-refractivity contribution in [3.05, 3.63) is 23.8 Å². The normalized spacial score (nSPS) is 19.5. The molecule has 1 atom stereocenters. The second-order valence-corrected chi connectivity index (χ2v) is 10.6. The highest BCUT2D eigenvalue weighted by atomic mass is 32.2. The molecule has 2 rings (SSSR count). The Bertz CT molecular complexity index is 785. The molecule has 8 heteroatoms. The summed E-state index contributed by atoms with van der Waals surface area (Å²) in [6, 6.07) is -0.646. The van der Waals surface area contributed by atoms with Crippen LogP contribution >= 0.6 is 11.8 Å². The highest BCUT2D eigenvalue weighted by Crippen LogP contribution is 2.24. The zero-order valence-electron chi connectivity index (χ0n) is 21.3. The van der Waals surface area contributed by atoms with Crippen LogP contribution in [0.2, 0.25) is 0 Å². The number of hydrogen-bond donors (Lipinski definition) is 1. The van der Waals surface area contributed by atoms with Crippen LogP contribution in [0.25, 0.3) is 0 Å². The van der Waals surface area contributed by atoms with Crippen molar-refractivity contribution >= 4 is 34.9 Å². The molecule has 1 aliphatic carbocycles. The summed E-state index contributed by atoms with van der Waals surface area (Å²) in [5.74, 6) is 0.705. The first-order chi connectivity index (χ1) is 16.3. The Balaban J connectivity index is 1.87. The van der Waals surface area contributed by atoms with Crippen LogP contribution in [-0.2, 0) is 14.3 Å². The molecule has 2 aliphatic rings. The van der Waals surface area contributed by atoms with Gasteiger partial charge in [-0.3, -0.25) is 14.5 Å². The topological polar surface area (TPSA) is 83.4 Å². The van der Waals surface area contributed by atoms with Crippen LogP contribution in [0.15, 0.2) is 34.0 Å². The molecule has 7 nitrogen and oxygen atoms in total. The number of methoxy groups -OCH3 is 1. The molecule has 1 amide bonds. The van der Waals surface area contributed by atoms with Crippen molar-refractivity contribution in [3.8, 4) is 0 Å². The van der Waals surface area contributed by atoms with E-state index in [1.54, 1.807) is 17.3 Å². The molecule has 1 heterocycles. The van der Waals surface area contributed by atoms with Gasteiger partial charge in [-0.05, 0) is 44.1 Å². The van der Waals surface area contributed by atoms with Crippen molar-refractivity contribution in [1.82, 2.24) is 10.2 Å². The van der Waals surface area contributed by atoms with E-state index in [0.29, 0.717) is 6.42 Å². The van der Waals surface area contributed by atoms with E-state index in [2.05, 4.69) is 33.9 Å². The van der Waals surface area contributed by atoms with Gasteiger partial charge in [-0.15, -0.1) is 22.0 Å². The average Bonchev–Trinajstić information content (AvgIpc) is 2.83. The Labute approximate surface area is 209 Å². The molecule has 1 saturated carbocycles. The molecule has 1 N–H and O–H groups in total. The molecule has 34 heavy (non-hydrogen) atoms. The van der Waals surface area contributed by atoms with Crippen LogP contribution in [0, 0.1) is 11.8 Å². The maximum absolute atomic E-state index is 13.1. The van der Waals surface area contributed by atoms with Crippen molar-refractivity contribution in [2.75, 3.05) is 32.5 Å². The fourth-order valence-corrected chi connectivity index (χ4v) is 5.10. The average molecular weight is 491 g/mol. The third-order valence-electron chi connectivity index (χ3n) is 6.47. The van der Waals surface area contributed by atoms with E-state index in [0.717, 1.165) is 57.5 Å². The minimum atomic E-state index is -0.646. The summed E-state index contributed by atoms with van der Waals surface area (Å²) >= 11 is 1.55. The maximum Gasteiger partial charge on any atom is 0.279 e. The van der Waals surface area contributed by atoms with Gasteiger partial charge in [0.05, 0.1) is 18.7 Å². The molecule has 0 aromatic rings. The van der Waals surface area contributed by atoms with Crippen LogP contribution < -0.4 is 5.32 Å². The lowest BCUT2D eigenvalue weighted by atomic mass is 9.88. The molecule has 1 fully saturated rings. The summed E-state index contributed by atoms with van der Waals surface area (Å²) in [4.78, 5) is 28.2. The Morgan fingerprint density at radius 3 is 2.65 bits per heavy atom. The predicted molar refractivity (Wildman–Crippen MR) is 142 cm³/mol. The summed E-state index contributed by atoms with van der Waals surface area (Å²) in [6.45, 7) is 13.1. The summed E-state index contributed by atoms with van der Waals surface area (Å²) < 4.78 is 5.24. The van der Waals surface area contributed by atoms with Crippen molar-refractivity contribution in [3.63, 3.8) is 0 Å². The molecule has 0 aromatic carbocycles. The van der Waals surface area contributed by atoms with Gasteiger partial charge >= 0.3 is 0 Å². The van der Waals surface area contributed by atoms with Gasteiger partial charge in [-0.25, -0.2) is 0 Å². The first kappa shape index (κ1) is 28.3. The number of nitrogens with zero attached hydrogens (tertiary/aromatic N) is 3. The number of thioether (sulfide) groups is 1. The van der Waals surface area contributed by atoms with Gasteiger partial charge < -0.3 is 10.1 Å². The van der Waals surface area contributed by atoms with Gasteiger partial charge in [0.15, 0.2) is 0 Å². The third-order valence-corrected chi connectivity index (χ3v) is 7.13. The number of hydrogen-bond acceptors (Lipinski definition) is 7. The van der Waals surface area contributed by atoms with Gasteiger partial charge in [0.1, 0.15) is 0 Å². The molecule has 1 unspecified atom stereocenters. The maximum atomic E-state index is 13.1. The third kappa shape index (κ3) is 9.37. The van der Waals surface area contributed by atoms with E-state index in [9.17, 15) is 9.59 Å². The minimum absolute atomic E-state index is 0.00360. The van der Waals surface area contributed by atoms with E-state index in [1.807, 2.05) is 19.9 Å². The highest BCUT2D eigenvalue weighted by molar-refractivity contribution is 8.12. The number of nitrogens with one attached hydrogen (secondary N) is 1. The number of Topliss-reactive ketones (excluding diaryl/α,β-unsaturated/α-hetero) is 1. The first-order valence-electron chi connectivity index (χ1n) is 12.5. The van der Waals surface area contributed by atoms with Gasteiger partial charge in [-0.1, -0.05) is 51.3 Å². The summed E-state index contributed by atoms with van der Waals surface area (Å²) in [7, 11) is 1.42. The number of allylic oxidation sites excluding steroid dienone is 1. The minimum Gasteiger partial charge on any atom is -0.477 e. The molecule has 1 aliphatic heterocycles. The van der Waals surface area contributed by atoms with Gasteiger partial charge in [-0.2, -0.15) is 0 Å². The van der Waals surface area contributed by atoms with Gasteiger partial charge in [0, 0.05) is 31.3 Å². The lowest BCUT2D eigenvalue weighted by Crippen LogP contribution is -2.47. The fourth-order valence-electron chi connectivity index (χ4n) is 4.52. The number of rotatable bonds is 12. The number of carbonyl (C=O) groups excluding carboxylic acids is 2. The molecular weight excluding hydrogens is 448 g/mol. The molecular formula is C26H42N4O3S. The number of ketones is 1. The van der Waals surface area contributed by atoms with Gasteiger partial charge in [0.25, 0.3) is 5.90 Å². The Hall–Kier alpha value is -1.93. The largest absolute Gasteiger partial charge is 0.477 e. The van der Waals surface area contributed by atoms with Crippen LogP contribution in [0.1, 0.15) is 65.7 Å². The smallest absolute Gasteiger partial charge is 0.279 e. The number of carbonyl (C=O) groups is 2. The van der Waals surface area contributed by atoms with Crippen molar-refractivity contribution in [2.24, 2.45) is 22.0 Å². The van der Waals surface area contributed by atoms with Crippen LogP contribution in [-0.4, -0.2) is 66.6 Å². The molecule has 0 aromatic heterocycles. The molecule has 0 spiro atoms. The molecule has 0 bridgehead atoms. The van der Waals surface area contributed by atoms with E-state index in [1.165, 1.54) is 24.7 Å². The summed E-state index contributed by atoms with van der Waals surface area (Å²) in [6.07, 6.45) is 8.66. The van der Waals surface area contributed by atoms with Crippen molar-refractivity contribution in [1.29, 1.82) is 0 Å². The quantitative estimate of drug-likeness (QED) is 0.187. The Kier molecular flexibility index (Phi) is 12.6. The second-order valence-electron chi connectivity index (χ2n) is 9.63. The zero-order valence-corrected chi connectivity index (χ0v) is 22.2. The van der Waals surface area contributed by atoms with E-state index >= 15 is 0 Å². The lowest BCUT2D eigenvalue weighted by Gasteiger charge is -2.28.